The fourth-order valence-electron chi connectivity index (χ4n) is 1.16. The van der Waals surface area contributed by atoms with Crippen molar-refractivity contribution in [3.63, 3.8) is 0 Å². The van der Waals surface area contributed by atoms with E-state index >= 15 is 0 Å². The van der Waals surface area contributed by atoms with Crippen molar-refractivity contribution in [2.24, 2.45) is 0 Å². The molecule has 0 saturated carbocycles. The Morgan fingerprint density at radius 3 is 2.67 bits per heavy atom. The zero-order chi connectivity index (χ0) is 11.5. The lowest BCUT2D eigenvalue weighted by molar-refractivity contribution is -0.169. The molecule has 0 radical (unpaired) electrons. The number of carboxylic acid groups (broad SMARTS) is 1. The lowest BCUT2D eigenvalue weighted by Gasteiger charge is -2.27. The molecule has 0 fully saturated rings. The van der Waals surface area contributed by atoms with E-state index in [-0.39, 0.29) is 0 Å². The Hall–Kier alpha value is -1.01. The third-order valence-corrected chi connectivity index (χ3v) is 3.09. The van der Waals surface area contributed by atoms with Gasteiger partial charge in [-0.1, -0.05) is 17.8 Å². The number of methoxy groups -OCH3 is 1. The minimum Gasteiger partial charge on any atom is -0.479 e. The number of carbonyl (C=O) groups is 2. The number of esters is 1. The lowest BCUT2D eigenvalue weighted by Crippen LogP contribution is -2.41. The normalized spacial score (nSPS) is 26.3. The van der Waals surface area contributed by atoms with Crippen LogP contribution in [0.3, 0.4) is 0 Å². The van der Waals surface area contributed by atoms with Crippen molar-refractivity contribution in [3.05, 3.63) is 11.5 Å². The Bertz CT molecular complexity index is 291. The van der Waals surface area contributed by atoms with Crippen molar-refractivity contribution in [1.82, 2.24) is 0 Å². The van der Waals surface area contributed by atoms with E-state index in [1.807, 2.05) is 0 Å². The molecule has 1 N–H and O–H groups in total. The van der Waals surface area contributed by atoms with Gasteiger partial charge in [0.1, 0.15) is 0 Å². The highest BCUT2D eigenvalue weighted by Crippen LogP contribution is 2.39. The largest absolute Gasteiger partial charge is 0.479 e. The summed E-state index contributed by atoms with van der Waals surface area (Å²) in [6.07, 6.45) is 1.02. The second-order valence-electron chi connectivity index (χ2n) is 3.04. The smallest absolute Gasteiger partial charge is 0.349 e. The molecule has 0 aromatic heterocycles. The predicted octanol–water partition coefficient (Wildman–Crippen LogP) is 0.996. The average molecular weight is 232 g/mol. The molecule has 15 heavy (non-hydrogen) atoms. The maximum absolute atomic E-state index is 11.5. The number of thioether (sulfide) groups is 1. The highest BCUT2D eigenvalue weighted by atomic mass is 32.2. The van der Waals surface area contributed by atoms with Gasteiger partial charge in [-0.3, -0.25) is 0 Å². The van der Waals surface area contributed by atoms with Crippen LogP contribution in [0, 0.1) is 0 Å². The first-order valence-electron chi connectivity index (χ1n) is 4.34. The van der Waals surface area contributed by atoms with Crippen LogP contribution < -0.4 is 0 Å². The first kappa shape index (κ1) is 12.1. The lowest BCUT2D eigenvalue weighted by atomic mass is 10.2. The van der Waals surface area contributed by atoms with Crippen LogP contribution in [0.1, 0.15) is 13.3 Å². The molecule has 0 spiro atoms. The van der Waals surface area contributed by atoms with Gasteiger partial charge in [-0.25, -0.2) is 9.59 Å². The van der Waals surface area contributed by atoms with Crippen LogP contribution in [0.4, 0.5) is 0 Å². The van der Waals surface area contributed by atoms with E-state index in [1.165, 1.54) is 14.0 Å². The standard InChI is InChI=1S/C9H12O5S/c1-6(7(10)11)14-9(8(12)13-2)4-3-5-15-9/h3,5-6H,4H2,1-2H3,(H,10,11). The molecule has 0 saturated heterocycles. The fourth-order valence-corrected chi connectivity index (χ4v) is 2.14. The molecular formula is C9H12O5S. The summed E-state index contributed by atoms with van der Waals surface area (Å²) in [5, 5.41) is 10.4. The first-order valence-corrected chi connectivity index (χ1v) is 5.21. The Kier molecular flexibility index (Phi) is 3.76. The maximum atomic E-state index is 11.5. The van der Waals surface area contributed by atoms with E-state index in [1.54, 1.807) is 11.5 Å². The molecular weight excluding hydrogens is 220 g/mol. The van der Waals surface area contributed by atoms with Crippen LogP contribution in [0.15, 0.2) is 11.5 Å². The van der Waals surface area contributed by atoms with Crippen molar-refractivity contribution in [2.75, 3.05) is 7.11 Å². The van der Waals surface area contributed by atoms with Gasteiger partial charge in [0.15, 0.2) is 6.10 Å². The molecule has 5 nitrogen and oxygen atoms in total. The molecule has 1 aliphatic rings. The molecule has 2 atom stereocenters. The molecule has 1 rings (SSSR count). The highest BCUT2D eigenvalue weighted by molar-refractivity contribution is 8.04. The zero-order valence-corrected chi connectivity index (χ0v) is 9.24. The molecule has 0 aromatic rings. The molecule has 0 aromatic carbocycles. The van der Waals surface area contributed by atoms with E-state index in [0.29, 0.717) is 6.42 Å². The minimum absolute atomic E-state index is 0.321. The Morgan fingerprint density at radius 2 is 2.27 bits per heavy atom. The average Bonchev–Trinajstić information content (AvgIpc) is 2.66. The Morgan fingerprint density at radius 1 is 1.60 bits per heavy atom. The number of ether oxygens (including phenoxy) is 2. The first-order chi connectivity index (χ1) is 7.02. The van der Waals surface area contributed by atoms with E-state index in [9.17, 15) is 9.59 Å². The van der Waals surface area contributed by atoms with Gasteiger partial charge in [0, 0.05) is 6.42 Å². The highest BCUT2D eigenvalue weighted by Gasteiger charge is 2.45. The van der Waals surface area contributed by atoms with Crippen LogP contribution in [0.5, 0.6) is 0 Å². The SMILES string of the molecule is COC(=O)C1(OC(C)C(=O)O)CC=CS1. The summed E-state index contributed by atoms with van der Waals surface area (Å²) >= 11 is 1.13. The van der Waals surface area contributed by atoms with Crippen LogP contribution in [-0.4, -0.2) is 35.2 Å². The van der Waals surface area contributed by atoms with E-state index in [0.717, 1.165) is 11.8 Å². The monoisotopic (exact) mass is 232 g/mol. The quantitative estimate of drug-likeness (QED) is 0.729. The van der Waals surface area contributed by atoms with Crippen LogP contribution in [-0.2, 0) is 19.1 Å². The van der Waals surface area contributed by atoms with Gasteiger partial charge < -0.3 is 14.6 Å². The van der Waals surface area contributed by atoms with Crippen LogP contribution in [0.2, 0.25) is 0 Å². The Balaban J connectivity index is 2.75. The number of aliphatic carboxylic acids is 1. The van der Waals surface area contributed by atoms with Crippen molar-refractivity contribution in [2.45, 2.75) is 24.4 Å². The third kappa shape index (κ3) is 2.51. The minimum atomic E-state index is -1.23. The van der Waals surface area contributed by atoms with Crippen LogP contribution >= 0.6 is 11.8 Å². The second-order valence-corrected chi connectivity index (χ2v) is 4.20. The van der Waals surface area contributed by atoms with Gasteiger partial charge in [0.2, 0.25) is 4.93 Å². The predicted molar refractivity (Wildman–Crippen MR) is 54.3 cm³/mol. The molecule has 0 bridgehead atoms. The molecule has 2 unspecified atom stereocenters. The second kappa shape index (κ2) is 4.67. The van der Waals surface area contributed by atoms with Gasteiger partial charge in [-0.15, -0.1) is 0 Å². The summed E-state index contributed by atoms with van der Waals surface area (Å²) < 4.78 is 9.84. The summed E-state index contributed by atoms with van der Waals surface area (Å²) in [4.78, 5) is 20.9. The number of hydrogen-bond acceptors (Lipinski definition) is 5. The summed E-state index contributed by atoms with van der Waals surface area (Å²) in [5.41, 5.74) is 0. The molecule has 6 heteroatoms. The van der Waals surface area contributed by atoms with Crippen LogP contribution in [0.25, 0.3) is 0 Å². The summed E-state index contributed by atoms with van der Waals surface area (Å²) in [5.74, 6) is -1.67. The van der Waals surface area contributed by atoms with E-state index < -0.39 is 23.0 Å². The maximum Gasteiger partial charge on any atom is 0.349 e. The van der Waals surface area contributed by atoms with Gasteiger partial charge in [-0.2, -0.15) is 0 Å². The number of carbonyl (C=O) groups excluding carboxylic acids is 1. The molecule has 84 valence electrons. The molecule has 0 amide bonds. The zero-order valence-electron chi connectivity index (χ0n) is 8.43. The summed E-state index contributed by atoms with van der Waals surface area (Å²) in [7, 11) is 1.25. The number of rotatable bonds is 4. The van der Waals surface area contributed by atoms with E-state index in [4.69, 9.17) is 9.84 Å². The topological polar surface area (TPSA) is 72.8 Å². The fraction of sp³-hybridized carbons (Fsp3) is 0.556. The molecule has 1 aliphatic heterocycles. The van der Waals surface area contributed by atoms with Crippen molar-refractivity contribution >= 4 is 23.7 Å². The van der Waals surface area contributed by atoms with Crippen molar-refractivity contribution < 1.29 is 24.2 Å². The number of hydrogen-bond donors (Lipinski definition) is 1. The van der Waals surface area contributed by atoms with Gasteiger partial charge in [0.05, 0.1) is 7.11 Å². The summed E-state index contributed by atoms with van der Waals surface area (Å²) in [6.45, 7) is 1.38. The van der Waals surface area contributed by atoms with Crippen molar-refractivity contribution in [3.8, 4) is 0 Å². The van der Waals surface area contributed by atoms with Gasteiger partial charge in [0.25, 0.3) is 0 Å². The Labute approximate surface area is 91.4 Å². The third-order valence-electron chi connectivity index (χ3n) is 1.95. The number of carboxylic acids is 1. The molecule has 1 heterocycles. The molecule has 0 aliphatic carbocycles. The summed E-state index contributed by atoms with van der Waals surface area (Å²) in [6, 6.07) is 0. The van der Waals surface area contributed by atoms with Gasteiger partial charge in [-0.05, 0) is 12.3 Å². The van der Waals surface area contributed by atoms with Gasteiger partial charge >= 0.3 is 11.9 Å². The van der Waals surface area contributed by atoms with E-state index in [2.05, 4.69) is 4.74 Å². The van der Waals surface area contributed by atoms with Crippen molar-refractivity contribution in [1.29, 1.82) is 0 Å².